The fraction of sp³-hybridized carbons (Fsp3) is 0.650. The molecule has 5 nitrogen and oxygen atoms in total. The maximum absolute atomic E-state index is 12.3. The number of anilines is 2. The van der Waals surface area contributed by atoms with Crippen molar-refractivity contribution in [2.45, 2.75) is 33.1 Å². The van der Waals surface area contributed by atoms with Crippen LogP contribution in [0.1, 0.15) is 42.1 Å². The quantitative estimate of drug-likeness (QED) is 0.744. The van der Waals surface area contributed by atoms with Crippen LogP contribution in [-0.2, 0) is 0 Å². The molecule has 2 N–H and O–H groups in total. The summed E-state index contributed by atoms with van der Waals surface area (Å²) in [5.74, 6) is 0.221. The Hall–Kier alpha value is -1.59. The fourth-order valence-corrected chi connectivity index (χ4v) is 3.84. The van der Waals surface area contributed by atoms with Gasteiger partial charge in [0.05, 0.1) is 0 Å². The molecule has 3 rings (SSSR count). The second-order valence-corrected chi connectivity index (χ2v) is 7.16. The third-order valence-electron chi connectivity index (χ3n) is 5.42. The summed E-state index contributed by atoms with van der Waals surface area (Å²) in [7, 11) is 0. The van der Waals surface area contributed by atoms with Gasteiger partial charge in [0.15, 0.2) is 5.78 Å². The maximum Gasteiger partial charge on any atom is 0.162 e. The van der Waals surface area contributed by atoms with Gasteiger partial charge in [-0.05, 0) is 50.6 Å². The van der Waals surface area contributed by atoms with Gasteiger partial charge in [-0.25, -0.2) is 0 Å². The molecule has 2 aliphatic heterocycles. The van der Waals surface area contributed by atoms with E-state index in [2.05, 4.69) is 39.5 Å². The highest BCUT2D eigenvalue weighted by Gasteiger charge is 2.18. The van der Waals surface area contributed by atoms with Crippen molar-refractivity contribution in [1.82, 2.24) is 10.2 Å². The molecule has 2 heterocycles. The molecule has 0 radical (unpaired) electrons. The molecular weight excluding hydrogens is 312 g/mol. The summed E-state index contributed by atoms with van der Waals surface area (Å²) in [5.41, 5.74) is 4.43. The largest absolute Gasteiger partial charge is 0.383 e. The zero-order valence-corrected chi connectivity index (χ0v) is 15.7. The van der Waals surface area contributed by atoms with E-state index in [0.29, 0.717) is 6.42 Å². The third kappa shape index (κ3) is 4.53. The Morgan fingerprint density at radius 3 is 2.56 bits per heavy atom. The highest BCUT2D eigenvalue weighted by molar-refractivity contribution is 5.98. The topological polar surface area (TPSA) is 47.6 Å². The molecule has 0 saturated carbocycles. The Morgan fingerprint density at radius 1 is 1.16 bits per heavy atom. The van der Waals surface area contributed by atoms with Crippen LogP contribution in [0.5, 0.6) is 0 Å². The average Bonchev–Trinajstić information content (AvgIpc) is 3.16. The van der Waals surface area contributed by atoms with Crippen molar-refractivity contribution in [3.8, 4) is 0 Å². The summed E-state index contributed by atoms with van der Waals surface area (Å²) in [5, 5.41) is 7.01. The summed E-state index contributed by atoms with van der Waals surface area (Å²) in [6, 6.07) is 4.15. The van der Waals surface area contributed by atoms with Gasteiger partial charge in [-0.15, -0.1) is 0 Å². The molecule has 0 atom stereocenters. The van der Waals surface area contributed by atoms with Gasteiger partial charge in [0.25, 0.3) is 0 Å². The highest BCUT2D eigenvalue weighted by atomic mass is 16.1. The third-order valence-corrected chi connectivity index (χ3v) is 5.42. The first kappa shape index (κ1) is 18.2. The molecule has 0 aromatic heterocycles. The molecule has 0 aliphatic carbocycles. The van der Waals surface area contributed by atoms with Gasteiger partial charge in [0, 0.05) is 62.6 Å². The number of hydrogen-bond donors (Lipinski definition) is 2. The number of benzene rings is 1. The van der Waals surface area contributed by atoms with E-state index in [4.69, 9.17) is 0 Å². The minimum absolute atomic E-state index is 0.221. The number of carbonyl (C=O) groups excluding carboxylic acids is 1. The van der Waals surface area contributed by atoms with Crippen LogP contribution in [0.2, 0.25) is 0 Å². The first-order chi connectivity index (χ1) is 12.2. The summed E-state index contributed by atoms with van der Waals surface area (Å²) < 4.78 is 0. The number of hydrogen-bond acceptors (Lipinski definition) is 5. The minimum Gasteiger partial charge on any atom is -0.383 e. The van der Waals surface area contributed by atoms with Gasteiger partial charge in [-0.2, -0.15) is 0 Å². The van der Waals surface area contributed by atoms with Crippen LogP contribution in [-0.4, -0.2) is 63.0 Å². The van der Waals surface area contributed by atoms with Crippen LogP contribution < -0.4 is 15.5 Å². The van der Waals surface area contributed by atoms with E-state index in [0.717, 1.165) is 50.5 Å². The van der Waals surface area contributed by atoms with E-state index in [9.17, 15) is 4.79 Å². The lowest BCUT2D eigenvalue weighted by Crippen LogP contribution is -2.43. The Balaban J connectivity index is 1.77. The molecule has 0 spiro atoms. The maximum atomic E-state index is 12.3. The number of likely N-dealkylation sites (tertiary alicyclic amines) is 1. The predicted octanol–water partition coefficient (Wildman–Crippen LogP) is 2.51. The van der Waals surface area contributed by atoms with Crippen molar-refractivity contribution >= 4 is 17.2 Å². The standard InChI is InChI=1S/C20H32N4O/c1-3-20(25)17-14-18(22-8-11-23-9-4-5-10-23)16(2)19(15-17)24-12-6-21-7-13-24/h14-15,21-22H,3-13H2,1-2H3. The lowest BCUT2D eigenvalue weighted by atomic mass is 10.0. The lowest BCUT2D eigenvalue weighted by Gasteiger charge is -2.32. The van der Waals surface area contributed by atoms with Crippen molar-refractivity contribution < 1.29 is 4.79 Å². The first-order valence-corrected chi connectivity index (χ1v) is 9.78. The Morgan fingerprint density at radius 2 is 1.88 bits per heavy atom. The molecule has 2 saturated heterocycles. The molecule has 0 unspecified atom stereocenters. The fourth-order valence-electron chi connectivity index (χ4n) is 3.84. The van der Waals surface area contributed by atoms with Crippen molar-refractivity contribution in [3.05, 3.63) is 23.3 Å². The number of rotatable bonds is 7. The normalized spacial score (nSPS) is 18.6. The number of piperazine rings is 1. The van der Waals surface area contributed by atoms with Crippen LogP contribution in [0.25, 0.3) is 0 Å². The average molecular weight is 345 g/mol. The van der Waals surface area contributed by atoms with E-state index in [1.54, 1.807) is 0 Å². The molecule has 25 heavy (non-hydrogen) atoms. The van der Waals surface area contributed by atoms with E-state index >= 15 is 0 Å². The van der Waals surface area contributed by atoms with Crippen molar-refractivity contribution in [2.24, 2.45) is 0 Å². The van der Waals surface area contributed by atoms with Crippen LogP contribution in [0.4, 0.5) is 11.4 Å². The lowest BCUT2D eigenvalue weighted by molar-refractivity contribution is 0.0988. The Kier molecular flexibility index (Phi) is 6.32. The van der Waals surface area contributed by atoms with Gasteiger partial charge in [-0.3, -0.25) is 4.79 Å². The van der Waals surface area contributed by atoms with Crippen LogP contribution in [0.15, 0.2) is 12.1 Å². The van der Waals surface area contributed by atoms with Crippen molar-refractivity contribution in [2.75, 3.05) is 62.6 Å². The molecule has 138 valence electrons. The predicted molar refractivity (Wildman–Crippen MR) is 105 cm³/mol. The monoisotopic (exact) mass is 344 g/mol. The van der Waals surface area contributed by atoms with Crippen LogP contribution in [0.3, 0.4) is 0 Å². The first-order valence-electron chi connectivity index (χ1n) is 9.78. The molecule has 0 bridgehead atoms. The molecule has 2 aliphatic rings. The SMILES string of the molecule is CCC(=O)c1cc(NCCN2CCCC2)c(C)c(N2CCNCC2)c1. The van der Waals surface area contributed by atoms with Crippen molar-refractivity contribution in [3.63, 3.8) is 0 Å². The van der Waals surface area contributed by atoms with E-state index in [1.165, 1.54) is 37.2 Å². The second kappa shape index (κ2) is 8.68. The van der Waals surface area contributed by atoms with E-state index < -0.39 is 0 Å². The molecule has 5 heteroatoms. The zero-order valence-electron chi connectivity index (χ0n) is 15.7. The zero-order chi connectivity index (χ0) is 17.6. The van der Waals surface area contributed by atoms with Gasteiger partial charge in [0.2, 0.25) is 0 Å². The highest BCUT2D eigenvalue weighted by Crippen LogP contribution is 2.30. The summed E-state index contributed by atoms with van der Waals surface area (Å²) in [6.45, 7) is 12.6. The van der Waals surface area contributed by atoms with Gasteiger partial charge < -0.3 is 20.4 Å². The van der Waals surface area contributed by atoms with Gasteiger partial charge in [0.1, 0.15) is 0 Å². The number of Topliss-reactive ketones (excluding diaryl/α,β-unsaturated/α-hetero) is 1. The number of nitrogens with one attached hydrogen (secondary N) is 2. The van der Waals surface area contributed by atoms with Crippen LogP contribution >= 0.6 is 0 Å². The molecule has 0 amide bonds. The van der Waals surface area contributed by atoms with Gasteiger partial charge >= 0.3 is 0 Å². The molecule has 2 fully saturated rings. The van der Waals surface area contributed by atoms with Crippen LogP contribution in [0, 0.1) is 6.92 Å². The number of ketones is 1. The van der Waals surface area contributed by atoms with Gasteiger partial charge in [-0.1, -0.05) is 6.92 Å². The molecular formula is C20H32N4O. The Bertz CT molecular complexity index is 590. The smallest absolute Gasteiger partial charge is 0.162 e. The summed E-state index contributed by atoms with van der Waals surface area (Å²) in [6.07, 6.45) is 3.20. The van der Waals surface area contributed by atoms with Crippen molar-refractivity contribution in [1.29, 1.82) is 0 Å². The summed E-state index contributed by atoms with van der Waals surface area (Å²) in [4.78, 5) is 17.2. The van der Waals surface area contributed by atoms with E-state index in [-0.39, 0.29) is 5.78 Å². The minimum atomic E-state index is 0.221. The Labute approximate surface area is 151 Å². The summed E-state index contributed by atoms with van der Waals surface area (Å²) >= 11 is 0. The second-order valence-electron chi connectivity index (χ2n) is 7.16. The molecule has 1 aromatic carbocycles. The molecule has 1 aromatic rings. The number of nitrogens with zero attached hydrogens (tertiary/aromatic N) is 2. The van der Waals surface area contributed by atoms with E-state index in [1.807, 2.05) is 6.92 Å². The number of carbonyl (C=O) groups is 1.